The second-order valence-electron chi connectivity index (χ2n) is 7.16. The first kappa shape index (κ1) is 16.8. The van der Waals surface area contributed by atoms with E-state index in [2.05, 4.69) is 0 Å². The van der Waals surface area contributed by atoms with Gasteiger partial charge in [0, 0.05) is 31.5 Å². The molecule has 2 saturated heterocycles. The van der Waals surface area contributed by atoms with Crippen molar-refractivity contribution in [3.05, 3.63) is 71.8 Å². The molecule has 2 heterocycles. The first-order valence-corrected chi connectivity index (χ1v) is 8.88. The summed E-state index contributed by atoms with van der Waals surface area (Å²) in [4.78, 5) is 28.5. The lowest BCUT2D eigenvalue weighted by Crippen LogP contribution is -2.85. The molecule has 0 saturated carbocycles. The third-order valence-electron chi connectivity index (χ3n) is 5.70. The topological polar surface area (TPSA) is 60.9 Å². The molecule has 0 aliphatic carbocycles. The third kappa shape index (κ3) is 2.35. The van der Waals surface area contributed by atoms with E-state index in [1.807, 2.05) is 60.7 Å². The highest BCUT2D eigenvalue weighted by molar-refractivity contribution is 5.95. The Bertz CT molecular complexity index is 816. The van der Waals surface area contributed by atoms with Gasteiger partial charge < -0.3 is 14.9 Å². The summed E-state index contributed by atoms with van der Waals surface area (Å²) in [5.41, 5.74) is 1.35. The zero-order chi connectivity index (χ0) is 18.3. The smallest absolute Gasteiger partial charge is 0.254 e. The predicted octanol–water partition coefficient (Wildman–Crippen LogP) is 1.89. The molecule has 0 aromatic heterocycles. The van der Waals surface area contributed by atoms with Crippen LogP contribution in [0.5, 0.6) is 0 Å². The molecular formula is C21H22N2O3. The van der Waals surface area contributed by atoms with E-state index in [0.29, 0.717) is 18.7 Å². The number of carbonyl (C=O) groups is 2. The van der Waals surface area contributed by atoms with Crippen molar-refractivity contribution in [2.24, 2.45) is 0 Å². The Balaban J connectivity index is 1.61. The van der Waals surface area contributed by atoms with Crippen LogP contribution in [0.15, 0.2) is 60.7 Å². The van der Waals surface area contributed by atoms with Gasteiger partial charge in [-0.3, -0.25) is 9.59 Å². The molecule has 4 rings (SSSR count). The molecule has 5 heteroatoms. The van der Waals surface area contributed by atoms with Crippen LogP contribution in [0.4, 0.5) is 0 Å². The average molecular weight is 350 g/mol. The Labute approximate surface area is 152 Å². The molecular weight excluding hydrogens is 328 g/mol. The number of carbonyl (C=O) groups excluding carboxylic acids is 2. The summed E-state index contributed by atoms with van der Waals surface area (Å²) in [5.74, 6) is -0.0283. The zero-order valence-electron chi connectivity index (χ0n) is 14.7. The van der Waals surface area contributed by atoms with Crippen LogP contribution >= 0.6 is 0 Å². The number of aliphatic hydroxyl groups is 1. The Hall–Kier alpha value is -2.66. The molecule has 0 radical (unpaired) electrons. The molecule has 1 N–H and O–H groups in total. The second kappa shape index (κ2) is 6.25. The van der Waals surface area contributed by atoms with Gasteiger partial charge in [-0.1, -0.05) is 48.5 Å². The van der Waals surface area contributed by atoms with Gasteiger partial charge in [-0.15, -0.1) is 0 Å². The minimum Gasteiger partial charge on any atom is -0.394 e. The van der Waals surface area contributed by atoms with Crippen molar-refractivity contribution < 1.29 is 14.7 Å². The normalized spacial score (nSPS) is 23.3. The van der Waals surface area contributed by atoms with Crippen molar-refractivity contribution in [2.75, 3.05) is 19.7 Å². The molecule has 5 nitrogen and oxygen atoms in total. The SMILES string of the molecule is CC(=O)N1[C@H](CO)[C@H](c2ccccc2)C12CN(C(=O)c1ccccc1)C2. The summed E-state index contributed by atoms with van der Waals surface area (Å²) in [5, 5.41) is 9.87. The fourth-order valence-electron chi connectivity index (χ4n) is 4.70. The molecule has 2 aromatic rings. The third-order valence-corrected chi connectivity index (χ3v) is 5.70. The van der Waals surface area contributed by atoms with Gasteiger partial charge in [-0.25, -0.2) is 0 Å². The van der Waals surface area contributed by atoms with Gasteiger partial charge in [-0.2, -0.15) is 0 Å². The van der Waals surface area contributed by atoms with E-state index in [1.54, 1.807) is 9.80 Å². The quantitative estimate of drug-likeness (QED) is 0.920. The molecule has 2 atom stereocenters. The van der Waals surface area contributed by atoms with E-state index in [9.17, 15) is 14.7 Å². The highest BCUT2D eigenvalue weighted by atomic mass is 16.3. The van der Waals surface area contributed by atoms with Crippen molar-refractivity contribution in [3.63, 3.8) is 0 Å². The van der Waals surface area contributed by atoms with Gasteiger partial charge in [0.1, 0.15) is 0 Å². The maximum absolute atomic E-state index is 12.7. The number of nitrogens with zero attached hydrogens (tertiary/aromatic N) is 2. The van der Waals surface area contributed by atoms with Crippen LogP contribution in [0, 0.1) is 0 Å². The van der Waals surface area contributed by atoms with Gasteiger partial charge in [0.05, 0.1) is 18.2 Å². The standard InChI is InChI=1S/C21H22N2O3/c1-15(25)23-18(12-24)19(16-8-4-2-5-9-16)21(23)13-22(14-21)20(26)17-10-6-3-7-11-17/h2-11,18-19,24H,12-14H2,1H3/t18-,19+/m1/s1. The first-order valence-electron chi connectivity index (χ1n) is 8.88. The minimum absolute atomic E-state index is 0.0148. The number of aliphatic hydroxyl groups excluding tert-OH is 1. The van der Waals surface area contributed by atoms with Crippen molar-refractivity contribution in [1.82, 2.24) is 9.80 Å². The molecule has 2 fully saturated rings. The Morgan fingerprint density at radius 2 is 1.62 bits per heavy atom. The largest absolute Gasteiger partial charge is 0.394 e. The summed E-state index contributed by atoms with van der Waals surface area (Å²) >= 11 is 0. The van der Waals surface area contributed by atoms with E-state index < -0.39 is 5.54 Å². The fourth-order valence-corrected chi connectivity index (χ4v) is 4.70. The number of likely N-dealkylation sites (tertiary alicyclic amines) is 2. The number of hydrogen-bond donors (Lipinski definition) is 1. The van der Waals surface area contributed by atoms with Crippen LogP contribution in [0.3, 0.4) is 0 Å². The van der Waals surface area contributed by atoms with Crippen molar-refractivity contribution >= 4 is 11.8 Å². The van der Waals surface area contributed by atoms with E-state index in [1.165, 1.54) is 6.92 Å². The van der Waals surface area contributed by atoms with Crippen LogP contribution in [0.1, 0.15) is 28.8 Å². The van der Waals surface area contributed by atoms with Crippen molar-refractivity contribution in [3.8, 4) is 0 Å². The van der Waals surface area contributed by atoms with Gasteiger partial charge in [0.2, 0.25) is 5.91 Å². The van der Waals surface area contributed by atoms with Crippen LogP contribution in [-0.2, 0) is 4.79 Å². The number of hydrogen-bond acceptors (Lipinski definition) is 3. The summed E-state index contributed by atoms with van der Waals surface area (Å²) in [7, 11) is 0. The fraction of sp³-hybridized carbons (Fsp3) is 0.333. The van der Waals surface area contributed by atoms with Gasteiger partial charge >= 0.3 is 0 Å². The molecule has 1 spiro atoms. The monoisotopic (exact) mass is 350 g/mol. The number of rotatable bonds is 3. The Kier molecular flexibility index (Phi) is 4.04. The molecule has 134 valence electrons. The number of amides is 2. The molecule has 0 unspecified atom stereocenters. The highest BCUT2D eigenvalue weighted by Gasteiger charge is 2.67. The molecule has 2 aliphatic rings. The molecule has 2 aromatic carbocycles. The van der Waals surface area contributed by atoms with Gasteiger partial charge in [0.25, 0.3) is 5.91 Å². The maximum Gasteiger partial charge on any atom is 0.254 e. The lowest BCUT2D eigenvalue weighted by atomic mass is 9.60. The van der Waals surface area contributed by atoms with Crippen molar-refractivity contribution in [2.45, 2.75) is 24.4 Å². The number of benzene rings is 2. The van der Waals surface area contributed by atoms with E-state index in [0.717, 1.165) is 5.56 Å². The lowest BCUT2D eigenvalue weighted by Gasteiger charge is -2.70. The van der Waals surface area contributed by atoms with Crippen LogP contribution in [0.25, 0.3) is 0 Å². The minimum atomic E-state index is -0.412. The van der Waals surface area contributed by atoms with Crippen LogP contribution < -0.4 is 0 Å². The second-order valence-corrected chi connectivity index (χ2v) is 7.16. The maximum atomic E-state index is 12.7. The van der Waals surface area contributed by atoms with Gasteiger partial charge in [0.15, 0.2) is 0 Å². The summed E-state index contributed by atoms with van der Waals surface area (Å²) in [6.45, 7) is 2.45. The molecule has 2 aliphatic heterocycles. The average Bonchev–Trinajstić information content (AvgIpc) is 2.61. The van der Waals surface area contributed by atoms with E-state index in [-0.39, 0.29) is 30.4 Å². The summed E-state index contributed by atoms with van der Waals surface area (Å²) < 4.78 is 0. The van der Waals surface area contributed by atoms with Gasteiger partial charge in [-0.05, 0) is 17.7 Å². The van der Waals surface area contributed by atoms with Crippen LogP contribution in [-0.4, -0.2) is 58.0 Å². The lowest BCUT2D eigenvalue weighted by molar-refractivity contribution is -0.191. The molecule has 26 heavy (non-hydrogen) atoms. The van der Waals surface area contributed by atoms with E-state index >= 15 is 0 Å². The van der Waals surface area contributed by atoms with Crippen molar-refractivity contribution in [1.29, 1.82) is 0 Å². The molecule has 2 amide bonds. The van der Waals surface area contributed by atoms with Crippen LogP contribution in [0.2, 0.25) is 0 Å². The summed E-state index contributed by atoms with van der Waals surface area (Å²) in [6, 6.07) is 18.9. The Morgan fingerprint density at radius 3 is 2.15 bits per heavy atom. The zero-order valence-corrected chi connectivity index (χ0v) is 14.7. The Morgan fingerprint density at radius 1 is 1.04 bits per heavy atom. The summed E-state index contributed by atoms with van der Waals surface area (Å²) in [6.07, 6.45) is 0. The molecule has 0 bridgehead atoms. The first-order chi connectivity index (χ1) is 12.6. The van der Waals surface area contributed by atoms with E-state index in [4.69, 9.17) is 0 Å². The predicted molar refractivity (Wildman–Crippen MR) is 97.7 cm³/mol. The highest BCUT2D eigenvalue weighted by Crippen LogP contribution is 2.53.